The van der Waals surface area contributed by atoms with E-state index in [1.807, 2.05) is 0 Å². The van der Waals surface area contributed by atoms with Gasteiger partial charge in [-0.25, -0.2) is 0 Å². The van der Waals surface area contributed by atoms with Crippen LogP contribution in [0.3, 0.4) is 0 Å². The SMILES string of the molecule is O=C(O)C1CSC([C@H](O)[C@H](O)[C@@H](O)CO)N1. The third-order valence-corrected chi connectivity index (χ3v) is 3.65. The number of carboxylic acid groups (broad SMARTS) is 1. The van der Waals surface area contributed by atoms with Crippen molar-refractivity contribution < 1.29 is 30.3 Å². The van der Waals surface area contributed by atoms with Crippen LogP contribution in [0.2, 0.25) is 0 Å². The molecule has 0 aromatic heterocycles. The first-order valence-electron chi connectivity index (χ1n) is 4.73. The molecule has 0 saturated carbocycles. The predicted octanol–water partition coefficient (Wildman–Crippen LogP) is -2.82. The van der Waals surface area contributed by atoms with Gasteiger partial charge in [0.25, 0.3) is 0 Å². The first-order valence-corrected chi connectivity index (χ1v) is 5.77. The maximum atomic E-state index is 10.6. The van der Waals surface area contributed by atoms with E-state index in [2.05, 4.69) is 5.32 Å². The van der Waals surface area contributed by atoms with E-state index in [0.717, 1.165) is 11.8 Å². The lowest BCUT2D eigenvalue weighted by Gasteiger charge is -2.25. The van der Waals surface area contributed by atoms with Gasteiger partial charge in [-0.05, 0) is 0 Å². The smallest absolute Gasteiger partial charge is 0.321 e. The second kappa shape index (κ2) is 5.80. The van der Waals surface area contributed by atoms with Crippen LogP contribution >= 0.6 is 11.8 Å². The van der Waals surface area contributed by atoms with E-state index in [-0.39, 0.29) is 5.75 Å². The van der Waals surface area contributed by atoms with E-state index in [1.54, 1.807) is 0 Å². The van der Waals surface area contributed by atoms with Crippen LogP contribution in [0.25, 0.3) is 0 Å². The highest BCUT2D eigenvalue weighted by Crippen LogP contribution is 2.24. The lowest BCUT2D eigenvalue weighted by Crippen LogP contribution is -2.50. The largest absolute Gasteiger partial charge is 0.480 e. The number of rotatable bonds is 5. The lowest BCUT2D eigenvalue weighted by atomic mass is 10.1. The topological polar surface area (TPSA) is 130 Å². The fraction of sp³-hybridized carbons (Fsp3) is 0.875. The van der Waals surface area contributed by atoms with Gasteiger partial charge in [0.1, 0.15) is 24.4 Å². The molecule has 0 aliphatic carbocycles. The molecule has 1 heterocycles. The normalized spacial score (nSPS) is 31.0. The molecule has 0 amide bonds. The molecule has 16 heavy (non-hydrogen) atoms. The molecule has 1 aliphatic heterocycles. The summed E-state index contributed by atoms with van der Waals surface area (Å²) in [4.78, 5) is 10.6. The molecule has 0 aromatic carbocycles. The molecular weight excluding hydrogens is 238 g/mol. The molecule has 1 aliphatic rings. The number of aliphatic hydroxyl groups is 4. The van der Waals surface area contributed by atoms with Crippen LogP contribution < -0.4 is 5.32 Å². The van der Waals surface area contributed by atoms with Crippen molar-refractivity contribution in [2.24, 2.45) is 0 Å². The number of aliphatic carboxylic acids is 1. The van der Waals surface area contributed by atoms with Crippen molar-refractivity contribution in [1.29, 1.82) is 0 Å². The van der Waals surface area contributed by atoms with Crippen molar-refractivity contribution >= 4 is 17.7 Å². The monoisotopic (exact) mass is 253 g/mol. The van der Waals surface area contributed by atoms with Crippen LogP contribution in [0, 0.1) is 0 Å². The summed E-state index contributed by atoms with van der Waals surface area (Å²) in [5.74, 6) is -0.752. The maximum Gasteiger partial charge on any atom is 0.321 e. The molecule has 1 rings (SSSR count). The Kier molecular flexibility index (Phi) is 4.96. The van der Waals surface area contributed by atoms with Gasteiger partial charge in [-0.2, -0.15) is 0 Å². The van der Waals surface area contributed by atoms with Crippen LogP contribution in [0.4, 0.5) is 0 Å². The fourth-order valence-corrected chi connectivity index (χ4v) is 2.61. The minimum atomic E-state index is -1.51. The Labute approximate surface area is 96.1 Å². The molecule has 0 aromatic rings. The van der Waals surface area contributed by atoms with E-state index in [0.29, 0.717) is 0 Å². The summed E-state index contributed by atoms with van der Waals surface area (Å²) < 4.78 is 0. The minimum absolute atomic E-state index is 0.277. The summed E-state index contributed by atoms with van der Waals surface area (Å²) in [6.07, 6.45) is -4.29. The van der Waals surface area contributed by atoms with E-state index < -0.39 is 42.3 Å². The van der Waals surface area contributed by atoms with Crippen LogP contribution in [0.1, 0.15) is 0 Å². The molecule has 8 heteroatoms. The molecule has 7 nitrogen and oxygen atoms in total. The van der Waals surface area contributed by atoms with Crippen LogP contribution in [-0.4, -0.2) is 73.6 Å². The van der Waals surface area contributed by atoms with E-state index >= 15 is 0 Å². The summed E-state index contributed by atoms with van der Waals surface area (Å²) in [6.45, 7) is -0.669. The van der Waals surface area contributed by atoms with Crippen molar-refractivity contribution in [2.45, 2.75) is 29.7 Å². The Morgan fingerprint density at radius 3 is 2.50 bits per heavy atom. The Hall–Kier alpha value is -0.380. The molecule has 0 radical (unpaired) electrons. The highest BCUT2D eigenvalue weighted by atomic mass is 32.2. The third kappa shape index (κ3) is 3.06. The Bertz CT molecular complexity index is 253. The Balaban J connectivity index is 2.50. The molecule has 1 saturated heterocycles. The van der Waals surface area contributed by atoms with Gasteiger partial charge in [0.15, 0.2) is 0 Å². The number of thioether (sulfide) groups is 1. The number of carboxylic acids is 1. The number of hydrogen-bond donors (Lipinski definition) is 6. The van der Waals surface area contributed by atoms with Gasteiger partial charge >= 0.3 is 5.97 Å². The summed E-state index contributed by atoms with van der Waals surface area (Å²) in [5.41, 5.74) is 0. The molecule has 0 spiro atoms. The molecule has 1 fully saturated rings. The average Bonchev–Trinajstić information content (AvgIpc) is 2.75. The number of aliphatic hydroxyl groups excluding tert-OH is 4. The second-order valence-corrected chi connectivity index (χ2v) is 4.72. The van der Waals surface area contributed by atoms with Gasteiger partial charge in [0.05, 0.1) is 12.0 Å². The highest BCUT2D eigenvalue weighted by molar-refractivity contribution is 8.00. The molecule has 5 atom stereocenters. The predicted molar refractivity (Wildman–Crippen MR) is 55.9 cm³/mol. The number of hydrogen-bond acceptors (Lipinski definition) is 7. The lowest BCUT2D eigenvalue weighted by molar-refractivity contribution is -0.139. The van der Waals surface area contributed by atoms with Gasteiger partial charge in [-0.1, -0.05) is 0 Å². The van der Waals surface area contributed by atoms with Crippen molar-refractivity contribution in [3.63, 3.8) is 0 Å². The van der Waals surface area contributed by atoms with Crippen molar-refractivity contribution in [2.75, 3.05) is 12.4 Å². The average molecular weight is 253 g/mol. The Morgan fingerprint density at radius 1 is 1.44 bits per heavy atom. The molecule has 2 unspecified atom stereocenters. The van der Waals surface area contributed by atoms with Crippen LogP contribution in [-0.2, 0) is 4.79 Å². The van der Waals surface area contributed by atoms with Crippen molar-refractivity contribution in [3.8, 4) is 0 Å². The summed E-state index contributed by atoms with van der Waals surface area (Å²) >= 11 is 1.15. The molecular formula is C8H15NO6S. The van der Waals surface area contributed by atoms with Gasteiger partial charge in [0, 0.05) is 5.75 Å². The van der Waals surface area contributed by atoms with Gasteiger partial charge in [-0.3, -0.25) is 10.1 Å². The zero-order valence-electron chi connectivity index (χ0n) is 8.35. The van der Waals surface area contributed by atoms with Crippen LogP contribution in [0.5, 0.6) is 0 Å². The zero-order chi connectivity index (χ0) is 12.3. The van der Waals surface area contributed by atoms with E-state index in [4.69, 9.17) is 15.3 Å². The summed E-state index contributed by atoms with van der Waals surface area (Å²) in [5, 5.41) is 47.4. The third-order valence-electron chi connectivity index (χ3n) is 2.35. The van der Waals surface area contributed by atoms with Crippen LogP contribution in [0.15, 0.2) is 0 Å². The molecule has 0 bridgehead atoms. The van der Waals surface area contributed by atoms with Gasteiger partial charge in [0.2, 0.25) is 0 Å². The van der Waals surface area contributed by atoms with Crippen molar-refractivity contribution in [3.05, 3.63) is 0 Å². The molecule has 94 valence electrons. The van der Waals surface area contributed by atoms with Gasteiger partial charge < -0.3 is 25.5 Å². The fourth-order valence-electron chi connectivity index (χ4n) is 1.35. The molecule has 6 N–H and O–H groups in total. The van der Waals surface area contributed by atoms with E-state index in [9.17, 15) is 15.0 Å². The first-order chi connectivity index (χ1) is 7.47. The zero-order valence-corrected chi connectivity index (χ0v) is 9.17. The van der Waals surface area contributed by atoms with Gasteiger partial charge in [-0.15, -0.1) is 11.8 Å². The minimum Gasteiger partial charge on any atom is -0.480 e. The first kappa shape index (κ1) is 13.7. The standard InChI is InChI=1S/C8H15NO6S/c10-1-4(11)5(12)6(13)7-9-3(2-16-7)8(14)15/h3-7,9-13H,1-2H2,(H,14,15)/t3?,4-,5+,6+,7?/m0/s1. The number of carbonyl (C=O) groups is 1. The summed E-state index contributed by atoms with van der Waals surface area (Å²) in [7, 11) is 0. The summed E-state index contributed by atoms with van der Waals surface area (Å²) in [6, 6.07) is -0.775. The highest BCUT2D eigenvalue weighted by Gasteiger charge is 2.38. The Morgan fingerprint density at radius 2 is 2.06 bits per heavy atom. The number of nitrogens with one attached hydrogen (secondary N) is 1. The maximum absolute atomic E-state index is 10.6. The second-order valence-electron chi connectivity index (χ2n) is 3.54. The van der Waals surface area contributed by atoms with Crippen molar-refractivity contribution in [1.82, 2.24) is 5.32 Å². The quantitative estimate of drug-likeness (QED) is 0.309. The van der Waals surface area contributed by atoms with E-state index in [1.165, 1.54) is 0 Å².